The van der Waals surface area contributed by atoms with Gasteiger partial charge in [-0.25, -0.2) is 0 Å². The zero-order chi connectivity index (χ0) is 28.1. The molecule has 45 heavy (non-hydrogen) atoms. The van der Waals surface area contributed by atoms with E-state index in [1.165, 1.54) is 32.8 Å². The minimum Gasteiger partial charge on any atom is -0.481 e. The van der Waals surface area contributed by atoms with E-state index in [0.29, 0.717) is 18.9 Å². The third-order valence-electron chi connectivity index (χ3n) is 10.6. The van der Waals surface area contributed by atoms with Crippen molar-refractivity contribution in [2.24, 2.45) is 52.8 Å². The summed E-state index contributed by atoms with van der Waals surface area (Å²) in [7, 11) is 1.25. The molecule has 4 aliphatic carbocycles. The Morgan fingerprint density at radius 1 is 0.911 bits per heavy atom. The van der Waals surface area contributed by atoms with Gasteiger partial charge in [-0.15, -0.1) is 0 Å². The zero-order valence-corrected chi connectivity index (χ0v) is 23.6. The Morgan fingerprint density at radius 3 is 2.04 bits per heavy atom. The maximum atomic E-state index is 12.9. The van der Waals surface area contributed by atoms with Crippen molar-refractivity contribution in [3.8, 4) is 0 Å². The molecule has 2 saturated heterocycles. The van der Waals surface area contributed by atoms with Crippen LogP contribution in [0.3, 0.4) is 0 Å². The van der Waals surface area contributed by atoms with Crippen LogP contribution in [-0.4, -0.2) is 61.0 Å². The molecule has 0 aromatic carbocycles. The van der Waals surface area contributed by atoms with Gasteiger partial charge in [0, 0.05) is 11.8 Å². The lowest BCUT2D eigenvalue weighted by atomic mass is 9.79. The molecule has 0 spiro atoms. The summed E-state index contributed by atoms with van der Waals surface area (Å²) in [4.78, 5) is 48.5. The highest BCUT2D eigenvalue weighted by Gasteiger charge is 2.63. The number of hydrogen-bond donors (Lipinski definition) is 1. The number of epoxide rings is 1. The van der Waals surface area contributed by atoms with Gasteiger partial charge in [0.15, 0.2) is 0 Å². The van der Waals surface area contributed by atoms with Gasteiger partial charge in [-0.05, 0) is 83.0 Å². The zero-order valence-electron chi connectivity index (χ0n) is 23.6. The highest BCUT2D eigenvalue weighted by atomic mass is 16.6. The second-order valence-electron chi connectivity index (χ2n) is 13.5. The molecule has 2 heterocycles. The van der Waals surface area contributed by atoms with Crippen LogP contribution in [0.25, 0.3) is 0 Å². The van der Waals surface area contributed by atoms with Crippen LogP contribution in [-0.2, 0) is 38.1 Å². The number of fused-ring (bicyclic) bond motifs is 3. The third-order valence-corrected chi connectivity index (χ3v) is 10.6. The highest BCUT2D eigenvalue weighted by molar-refractivity contribution is 5.79. The van der Waals surface area contributed by atoms with Gasteiger partial charge >= 0.3 is 23.9 Å². The Hall–Kier alpha value is -2.16. The standard InChI is InChI=1S/C21H30O8.C9H14O.6CH4/c1-5-10(6-12(17(22)27-4)9-21(2,3)20(25)26)18(23)28-15-11-7-13-14(8-11)19(24)29-16(13)15;1-2-7-3-6(1)4-8(7)9-5-10-9;;;;;;/h10-16H,5-9H2,1-4H3,(H,25,26);6-9H,1-5H2;6*1H4. The first-order valence-corrected chi connectivity index (χ1v) is 14.9. The predicted molar refractivity (Wildman–Crippen MR) is 178 cm³/mol. The molecule has 11 atom stereocenters. The molecule has 0 aromatic heterocycles. The SMILES string of the molecule is C.C.C.C.C.C.C1CC2CC1CC2C1CO1.CCC(CC(CC(C)(C)C(=O)O)C(=O)OC)C(=O)OC1C2CC3C(=O)OC1C3C2. The molecule has 4 bridgehead atoms. The summed E-state index contributed by atoms with van der Waals surface area (Å²) in [6, 6.07) is 0. The summed E-state index contributed by atoms with van der Waals surface area (Å²) in [6.07, 6.45) is 8.21. The molecule has 6 aliphatic rings. The lowest BCUT2D eigenvalue weighted by Gasteiger charge is -2.29. The molecular formula is C36H68O9. The average molecular weight is 645 g/mol. The Balaban J connectivity index is 0. The lowest BCUT2D eigenvalue weighted by molar-refractivity contribution is -0.167. The van der Waals surface area contributed by atoms with E-state index in [2.05, 4.69) is 0 Å². The molecule has 0 aromatic rings. The topological polar surface area (TPSA) is 129 Å². The minimum absolute atomic E-state index is 0. The van der Waals surface area contributed by atoms with Crippen LogP contribution < -0.4 is 0 Å². The fraction of sp³-hybridized carbons (Fsp3) is 0.889. The number of ether oxygens (including phenoxy) is 4. The third kappa shape index (κ3) is 9.23. The Morgan fingerprint density at radius 2 is 1.56 bits per heavy atom. The fourth-order valence-electron chi connectivity index (χ4n) is 8.25. The van der Waals surface area contributed by atoms with Crippen molar-refractivity contribution in [2.75, 3.05) is 13.7 Å². The first-order chi connectivity index (χ1) is 18.5. The van der Waals surface area contributed by atoms with Gasteiger partial charge in [-0.2, -0.15) is 0 Å². The number of rotatable bonds is 10. The lowest BCUT2D eigenvalue weighted by Crippen LogP contribution is -2.38. The molecule has 1 N–H and O–H groups in total. The van der Waals surface area contributed by atoms with Crippen LogP contribution in [0.1, 0.15) is 123 Å². The van der Waals surface area contributed by atoms with E-state index in [9.17, 15) is 24.3 Å². The first-order valence-electron chi connectivity index (χ1n) is 14.9. The van der Waals surface area contributed by atoms with Crippen molar-refractivity contribution in [1.82, 2.24) is 0 Å². The fourth-order valence-corrected chi connectivity index (χ4v) is 8.25. The van der Waals surface area contributed by atoms with Crippen LogP contribution >= 0.6 is 0 Å². The van der Waals surface area contributed by atoms with Crippen LogP contribution in [0.15, 0.2) is 0 Å². The summed E-state index contributed by atoms with van der Waals surface area (Å²) in [5.41, 5.74) is -1.13. The number of carboxylic acids is 1. The molecule has 266 valence electrons. The van der Waals surface area contributed by atoms with Crippen LogP contribution in [0.4, 0.5) is 0 Å². The first kappa shape index (κ1) is 45.0. The van der Waals surface area contributed by atoms with Crippen LogP contribution in [0.5, 0.6) is 0 Å². The van der Waals surface area contributed by atoms with Crippen molar-refractivity contribution in [1.29, 1.82) is 0 Å². The predicted octanol–water partition coefficient (Wildman–Crippen LogP) is 7.82. The summed E-state index contributed by atoms with van der Waals surface area (Å²) >= 11 is 0. The molecule has 9 nitrogen and oxygen atoms in total. The molecule has 4 saturated carbocycles. The largest absolute Gasteiger partial charge is 0.481 e. The average Bonchev–Trinajstić information content (AvgIpc) is 3.20. The number of hydrogen-bond acceptors (Lipinski definition) is 8. The molecule has 6 fully saturated rings. The number of carbonyl (C=O) groups is 4. The van der Waals surface area contributed by atoms with E-state index < -0.39 is 41.3 Å². The Labute approximate surface area is 274 Å². The Bertz CT molecular complexity index is 974. The Kier molecular flexibility index (Phi) is 17.7. The van der Waals surface area contributed by atoms with E-state index in [-0.39, 0.29) is 87.2 Å². The molecule has 6 rings (SSSR count). The van der Waals surface area contributed by atoms with Gasteiger partial charge < -0.3 is 24.1 Å². The molecule has 9 heteroatoms. The number of carbonyl (C=O) groups excluding carboxylic acids is 3. The molecule has 2 aliphatic heterocycles. The van der Waals surface area contributed by atoms with Gasteiger partial charge in [0.05, 0.1) is 43.0 Å². The molecule has 0 radical (unpaired) electrons. The monoisotopic (exact) mass is 644 g/mol. The van der Waals surface area contributed by atoms with Crippen molar-refractivity contribution in [3.05, 3.63) is 0 Å². The van der Waals surface area contributed by atoms with E-state index in [1.54, 1.807) is 13.8 Å². The van der Waals surface area contributed by atoms with Crippen molar-refractivity contribution in [2.45, 2.75) is 141 Å². The van der Waals surface area contributed by atoms with E-state index in [1.807, 2.05) is 6.92 Å². The van der Waals surface area contributed by atoms with Gasteiger partial charge in [-0.3, -0.25) is 19.2 Å². The number of aliphatic carboxylic acids is 1. The van der Waals surface area contributed by atoms with E-state index in [0.717, 1.165) is 30.8 Å². The quantitative estimate of drug-likeness (QED) is 0.144. The van der Waals surface area contributed by atoms with Gasteiger partial charge in [0.25, 0.3) is 0 Å². The van der Waals surface area contributed by atoms with Gasteiger partial charge in [0.2, 0.25) is 0 Å². The summed E-state index contributed by atoms with van der Waals surface area (Å²) < 4.78 is 21.4. The highest BCUT2D eigenvalue weighted by Crippen LogP contribution is 2.55. The normalized spacial score (nSPS) is 33.3. The van der Waals surface area contributed by atoms with E-state index in [4.69, 9.17) is 18.9 Å². The van der Waals surface area contributed by atoms with Crippen molar-refractivity contribution in [3.63, 3.8) is 0 Å². The number of methoxy groups -OCH3 is 1. The second-order valence-corrected chi connectivity index (χ2v) is 13.5. The smallest absolute Gasteiger partial charge is 0.309 e. The van der Waals surface area contributed by atoms with Crippen LogP contribution in [0, 0.1) is 52.8 Å². The maximum Gasteiger partial charge on any atom is 0.309 e. The summed E-state index contributed by atoms with van der Waals surface area (Å²) in [6.45, 7) is 6.00. The van der Waals surface area contributed by atoms with Gasteiger partial charge in [0.1, 0.15) is 12.2 Å². The molecule has 11 unspecified atom stereocenters. The number of carboxylic acid groups (broad SMARTS) is 1. The summed E-state index contributed by atoms with van der Waals surface area (Å²) in [5.74, 6) is -0.0526. The van der Waals surface area contributed by atoms with Crippen molar-refractivity contribution < 1.29 is 43.2 Å². The van der Waals surface area contributed by atoms with Crippen LogP contribution in [0.2, 0.25) is 0 Å². The summed E-state index contributed by atoms with van der Waals surface area (Å²) in [5, 5.41) is 9.39. The van der Waals surface area contributed by atoms with Gasteiger partial charge in [-0.1, -0.05) is 57.9 Å². The minimum atomic E-state index is -1.13. The number of esters is 3. The molecule has 0 amide bonds. The molecular weight excluding hydrogens is 576 g/mol. The van der Waals surface area contributed by atoms with Crippen molar-refractivity contribution >= 4 is 23.9 Å². The second kappa shape index (κ2) is 17.7. The van der Waals surface area contributed by atoms with E-state index >= 15 is 0 Å². The maximum absolute atomic E-state index is 12.9.